The van der Waals surface area contributed by atoms with Crippen LogP contribution in [-0.2, 0) is 20.5 Å². The van der Waals surface area contributed by atoms with Gasteiger partial charge < -0.3 is 10.2 Å². The van der Waals surface area contributed by atoms with E-state index in [0.717, 1.165) is 31.4 Å². The minimum atomic E-state index is -0.260. The molecule has 1 aliphatic carbocycles. The molecule has 0 aliphatic heterocycles. The minimum Gasteiger partial charge on any atom is -0.331 e. The molecule has 0 unspecified atom stereocenters. The molecule has 1 heterocycles. The summed E-state index contributed by atoms with van der Waals surface area (Å²) >= 11 is 0. The van der Waals surface area contributed by atoms with Crippen molar-refractivity contribution in [2.45, 2.75) is 98.1 Å². The molecule has 0 atom stereocenters. The molecule has 1 aromatic rings. The predicted octanol–water partition coefficient (Wildman–Crippen LogP) is 4.30. The zero-order chi connectivity index (χ0) is 21.3. The zero-order valence-corrected chi connectivity index (χ0v) is 18.9. The van der Waals surface area contributed by atoms with E-state index >= 15 is 0 Å². The Morgan fingerprint density at radius 2 is 1.75 bits per heavy atom. The number of rotatable bonds is 5. The van der Waals surface area contributed by atoms with Crippen LogP contribution in [0, 0.1) is 5.92 Å². The molecule has 1 fully saturated rings. The highest BCUT2D eigenvalue weighted by molar-refractivity contribution is 5.94. The van der Waals surface area contributed by atoms with E-state index in [-0.39, 0.29) is 41.3 Å². The van der Waals surface area contributed by atoms with E-state index in [1.165, 1.54) is 0 Å². The molecule has 0 bridgehead atoms. The highest BCUT2D eigenvalue weighted by atomic mass is 16.2. The molecular weight excluding hydrogens is 352 g/mol. The van der Waals surface area contributed by atoms with E-state index in [1.807, 2.05) is 24.6 Å². The first-order valence-electron chi connectivity index (χ1n) is 10.5. The van der Waals surface area contributed by atoms with Crippen LogP contribution in [0.5, 0.6) is 0 Å². The third-order valence-electron chi connectivity index (χ3n) is 5.31. The SMILES string of the molecule is CC(C)N(CC(=O)Nc1cc(C(C)(C)C)nn1C(C)(C)C)C(=O)C1CCCC1. The van der Waals surface area contributed by atoms with Crippen LogP contribution in [-0.4, -0.2) is 39.1 Å². The summed E-state index contributed by atoms with van der Waals surface area (Å²) in [4.78, 5) is 27.4. The summed E-state index contributed by atoms with van der Waals surface area (Å²) in [5.74, 6) is 0.690. The molecule has 0 aromatic carbocycles. The zero-order valence-electron chi connectivity index (χ0n) is 18.9. The average Bonchev–Trinajstić information content (AvgIpc) is 3.20. The Balaban J connectivity index is 2.18. The summed E-state index contributed by atoms with van der Waals surface area (Å²) in [6.07, 6.45) is 4.09. The van der Waals surface area contributed by atoms with Gasteiger partial charge in [0.25, 0.3) is 0 Å². The van der Waals surface area contributed by atoms with Crippen LogP contribution in [0.3, 0.4) is 0 Å². The van der Waals surface area contributed by atoms with Gasteiger partial charge in [-0.2, -0.15) is 5.10 Å². The van der Waals surface area contributed by atoms with Crippen molar-refractivity contribution in [3.63, 3.8) is 0 Å². The summed E-state index contributed by atoms with van der Waals surface area (Å²) in [7, 11) is 0. The van der Waals surface area contributed by atoms with Gasteiger partial charge in [0.15, 0.2) is 0 Å². The van der Waals surface area contributed by atoms with Crippen molar-refractivity contribution in [3.05, 3.63) is 11.8 Å². The number of anilines is 1. The molecule has 6 nitrogen and oxygen atoms in total. The lowest BCUT2D eigenvalue weighted by Crippen LogP contribution is -2.45. The van der Waals surface area contributed by atoms with Gasteiger partial charge in [-0.3, -0.25) is 9.59 Å². The van der Waals surface area contributed by atoms with Crippen LogP contribution in [0.1, 0.15) is 86.8 Å². The molecule has 0 saturated heterocycles. The Labute approximate surface area is 170 Å². The Morgan fingerprint density at radius 1 is 1.18 bits per heavy atom. The van der Waals surface area contributed by atoms with Crippen LogP contribution in [0.25, 0.3) is 0 Å². The second-order valence-electron chi connectivity index (χ2n) is 10.3. The van der Waals surface area contributed by atoms with Gasteiger partial charge in [0.05, 0.1) is 11.2 Å². The fourth-order valence-corrected chi connectivity index (χ4v) is 3.61. The van der Waals surface area contributed by atoms with Crippen molar-refractivity contribution < 1.29 is 9.59 Å². The molecule has 1 saturated carbocycles. The number of carbonyl (C=O) groups is 2. The Morgan fingerprint density at radius 3 is 2.21 bits per heavy atom. The Kier molecular flexibility index (Phi) is 6.62. The van der Waals surface area contributed by atoms with E-state index in [0.29, 0.717) is 5.82 Å². The first-order chi connectivity index (χ1) is 12.8. The maximum Gasteiger partial charge on any atom is 0.245 e. The molecule has 6 heteroatoms. The van der Waals surface area contributed by atoms with Crippen molar-refractivity contribution in [2.24, 2.45) is 5.92 Å². The minimum absolute atomic E-state index is 0.00323. The highest BCUT2D eigenvalue weighted by Crippen LogP contribution is 2.29. The summed E-state index contributed by atoms with van der Waals surface area (Å²) in [6.45, 7) is 16.5. The van der Waals surface area contributed by atoms with Crippen LogP contribution in [0.15, 0.2) is 6.07 Å². The van der Waals surface area contributed by atoms with Crippen molar-refractivity contribution in [2.75, 3.05) is 11.9 Å². The summed E-state index contributed by atoms with van der Waals surface area (Å²) in [5, 5.41) is 7.75. The lowest BCUT2D eigenvalue weighted by Gasteiger charge is -2.29. The number of hydrogen-bond acceptors (Lipinski definition) is 3. The number of carbonyl (C=O) groups excluding carboxylic acids is 2. The quantitative estimate of drug-likeness (QED) is 0.815. The number of hydrogen-bond donors (Lipinski definition) is 1. The molecule has 2 rings (SSSR count). The maximum atomic E-state index is 12.9. The monoisotopic (exact) mass is 390 g/mol. The summed E-state index contributed by atoms with van der Waals surface area (Å²) in [5.41, 5.74) is 0.558. The Bertz CT molecular complexity index is 701. The van der Waals surface area contributed by atoms with Crippen molar-refractivity contribution in [3.8, 4) is 0 Å². The van der Waals surface area contributed by atoms with Gasteiger partial charge in [-0.25, -0.2) is 4.68 Å². The van der Waals surface area contributed by atoms with Gasteiger partial charge in [-0.1, -0.05) is 33.6 Å². The lowest BCUT2D eigenvalue weighted by molar-refractivity contribution is -0.140. The van der Waals surface area contributed by atoms with Gasteiger partial charge in [0.2, 0.25) is 11.8 Å². The largest absolute Gasteiger partial charge is 0.331 e. The number of aromatic nitrogens is 2. The van der Waals surface area contributed by atoms with Crippen LogP contribution in [0.2, 0.25) is 0 Å². The number of amides is 2. The first-order valence-corrected chi connectivity index (χ1v) is 10.5. The fourth-order valence-electron chi connectivity index (χ4n) is 3.61. The van der Waals surface area contributed by atoms with E-state index in [2.05, 4.69) is 46.9 Å². The Hall–Kier alpha value is -1.85. The smallest absolute Gasteiger partial charge is 0.245 e. The highest BCUT2D eigenvalue weighted by Gasteiger charge is 2.31. The summed E-state index contributed by atoms with van der Waals surface area (Å²) in [6, 6.07) is 1.94. The van der Waals surface area contributed by atoms with E-state index in [9.17, 15) is 9.59 Å². The fraction of sp³-hybridized carbons (Fsp3) is 0.773. The standard InChI is InChI=1S/C22H38N4O2/c1-15(2)25(20(28)16-11-9-10-12-16)14-19(27)23-18-13-17(21(3,4)5)24-26(18)22(6,7)8/h13,15-16H,9-12,14H2,1-8H3,(H,23,27). The van der Waals surface area contributed by atoms with Crippen LogP contribution < -0.4 is 5.32 Å². The van der Waals surface area contributed by atoms with E-state index in [4.69, 9.17) is 5.10 Å². The molecule has 1 aliphatic rings. The third kappa shape index (κ3) is 5.36. The molecule has 2 amide bonds. The predicted molar refractivity (Wildman–Crippen MR) is 113 cm³/mol. The average molecular weight is 391 g/mol. The lowest BCUT2D eigenvalue weighted by atomic mass is 9.92. The van der Waals surface area contributed by atoms with E-state index in [1.54, 1.807) is 4.90 Å². The topological polar surface area (TPSA) is 67.2 Å². The molecule has 158 valence electrons. The van der Waals surface area contributed by atoms with Crippen LogP contribution in [0.4, 0.5) is 5.82 Å². The molecule has 0 spiro atoms. The molecule has 1 N–H and O–H groups in total. The molecule has 1 aromatic heterocycles. The van der Waals surface area contributed by atoms with Crippen LogP contribution >= 0.6 is 0 Å². The molecule has 28 heavy (non-hydrogen) atoms. The van der Waals surface area contributed by atoms with Gasteiger partial charge in [-0.15, -0.1) is 0 Å². The third-order valence-corrected chi connectivity index (χ3v) is 5.31. The second kappa shape index (κ2) is 8.26. The number of nitrogens with zero attached hydrogens (tertiary/aromatic N) is 3. The maximum absolute atomic E-state index is 12.9. The van der Waals surface area contributed by atoms with Gasteiger partial charge in [-0.05, 0) is 47.5 Å². The van der Waals surface area contributed by atoms with Crippen molar-refractivity contribution in [1.29, 1.82) is 0 Å². The van der Waals surface area contributed by atoms with Gasteiger partial charge >= 0.3 is 0 Å². The molecule has 0 radical (unpaired) electrons. The van der Waals surface area contributed by atoms with Gasteiger partial charge in [0.1, 0.15) is 12.4 Å². The van der Waals surface area contributed by atoms with Crippen molar-refractivity contribution >= 4 is 17.6 Å². The summed E-state index contributed by atoms with van der Waals surface area (Å²) < 4.78 is 1.87. The van der Waals surface area contributed by atoms with E-state index < -0.39 is 0 Å². The van der Waals surface area contributed by atoms with Crippen molar-refractivity contribution in [1.82, 2.24) is 14.7 Å². The second-order valence-corrected chi connectivity index (χ2v) is 10.3. The number of nitrogens with one attached hydrogen (secondary N) is 1. The normalized spacial score (nSPS) is 15.9. The van der Waals surface area contributed by atoms with Gasteiger partial charge in [0, 0.05) is 23.4 Å². The first kappa shape index (κ1) is 22.4. The molecular formula is C22H38N4O2.